The van der Waals surface area contributed by atoms with E-state index in [0.29, 0.717) is 106 Å². The third kappa shape index (κ3) is 20.5. The smallest absolute Gasteiger partial charge is 0.330 e. The number of rotatable bonds is 34. The minimum absolute atomic E-state index is 0.0675. The lowest BCUT2D eigenvalue weighted by Gasteiger charge is -2.28. The summed E-state index contributed by atoms with van der Waals surface area (Å²) in [5.74, 6) is 1.50. The third-order valence-corrected chi connectivity index (χ3v) is 17.1. The van der Waals surface area contributed by atoms with E-state index in [2.05, 4.69) is 26.7 Å². The predicted octanol–water partition coefficient (Wildman–Crippen LogP) is 14.4. The Morgan fingerprint density at radius 2 is 1.13 bits per heavy atom. The van der Waals surface area contributed by atoms with Gasteiger partial charge in [0.2, 0.25) is 5.13 Å². The van der Waals surface area contributed by atoms with Gasteiger partial charge < -0.3 is 28.4 Å². The first kappa shape index (κ1) is 62.7. The highest BCUT2D eigenvalue weighted by atomic mass is 32.1. The van der Waals surface area contributed by atoms with Gasteiger partial charge >= 0.3 is 23.9 Å². The Balaban J connectivity index is 0.854. The number of aryl methyl sites for hydroxylation is 4. The normalized spacial score (nSPS) is 17.7. The highest BCUT2D eigenvalue weighted by Gasteiger charge is 2.32. The van der Waals surface area contributed by atoms with Gasteiger partial charge in [-0.1, -0.05) is 75.0 Å². The van der Waals surface area contributed by atoms with Crippen molar-refractivity contribution in [2.45, 2.75) is 167 Å². The number of benzene rings is 3. The molecule has 14 nitrogen and oxygen atoms in total. The zero-order valence-corrected chi connectivity index (χ0v) is 49.1. The first-order chi connectivity index (χ1) is 40.0. The summed E-state index contributed by atoms with van der Waals surface area (Å²) in [6, 6.07) is 20.9. The van der Waals surface area contributed by atoms with E-state index in [1.807, 2.05) is 65.8 Å². The number of anilines is 1. The summed E-state index contributed by atoms with van der Waals surface area (Å²) in [6.07, 6.45) is 25.8. The Bertz CT molecular complexity index is 2730. The molecule has 0 bridgehead atoms. The summed E-state index contributed by atoms with van der Waals surface area (Å²) in [5, 5.41) is 7.80. The third-order valence-electron chi connectivity index (χ3n) is 15.9. The number of Topliss-reactive ketones (excluding diaryl/α,β-unsaturated/α-hetero) is 1. The predicted molar refractivity (Wildman–Crippen MR) is 322 cm³/mol. The number of allylic oxidation sites excluding steroid dienone is 1. The average molecular weight is 1140 g/mol. The zero-order valence-electron chi connectivity index (χ0n) is 48.3. The Morgan fingerprint density at radius 3 is 1.73 bits per heavy atom. The number of unbranched alkanes of at least 4 members (excludes halogenated alkanes) is 8. The number of hydrogen-bond acceptors (Lipinski definition) is 15. The minimum Gasteiger partial charge on any atom is -0.494 e. The van der Waals surface area contributed by atoms with Crippen molar-refractivity contribution in [2.75, 3.05) is 31.4 Å². The van der Waals surface area contributed by atoms with E-state index in [9.17, 15) is 24.0 Å². The summed E-state index contributed by atoms with van der Waals surface area (Å²) < 4.78 is 34.0. The Morgan fingerprint density at radius 1 is 0.610 bits per heavy atom. The van der Waals surface area contributed by atoms with E-state index >= 15 is 0 Å². The van der Waals surface area contributed by atoms with E-state index in [1.54, 1.807) is 23.5 Å². The molecule has 3 aliphatic rings. The summed E-state index contributed by atoms with van der Waals surface area (Å²) >= 11 is 1.72. The van der Waals surface area contributed by atoms with E-state index < -0.39 is 5.97 Å². The number of ketones is 1. The lowest BCUT2D eigenvalue weighted by atomic mass is 9.79. The molecule has 0 N–H and O–H groups in total. The minimum atomic E-state index is -0.397. The summed E-state index contributed by atoms with van der Waals surface area (Å²) in [4.78, 5) is 69.0. The van der Waals surface area contributed by atoms with Gasteiger partial charge in [-0.2, -0.15) is 5.10 Å². The second-order valence-electron chi connectivity index (χ2n) is 21.9. The number of hydrogen-bond donors (Lipinski definition) is 0. The van der Waals surface area contributed by atoms with Crippen molar-refractivity contribution < 1.29 is 52.4 Å². The highest BCUT2D eigenvalue weighted by molar-refractivity contribution is 7.15. The zero-order chi connectivity index (χ0) is 57.9. The van der Waals surface area contributed by atoms with Crippen LogP contribution in [0, 0.1) is 23.7 Å². The maximum absolute atomic E-state index is 13.9. The van der Waals surface area contributed by atoms with Gasteiger partial charge in [-0.25, -0.2) is 19.6 Å². The SMILES string of the molecule is C=CC(=O)OCCCCCCCCc1ccc(OC(=O)[C@H]2CC[C@H](C(=O)CCc3ccc(OC(=C)[C@H]4CC[C@H](C(=O)Oc5ccc(OCCCCCCOC(=O)C=C)cc5)CC4)cc3/C=N/N(CC)c3nc4c(s3)CCCC4)CC2)cc1. The van der Waals surface area contributed by atoms with Crippen molar-refractivity contribution in [2.24, 2.45) is 28.8 Å². The maximum atomic E-state index is 13.9. The fourth-order valence-electron chi connectivity index (χ4n) is 10.9. The van der Waals surface area contributed by atoms with Crippen LogP contribution in [0.1, 0.15) is 169 Å². The molecule has 0 amide bonds. The number of fused-ring (bicyclic) bond motifs is 1. The quantitative estimate of drug-likeness (QED) is 0.00824. The number of ether oxygens (including phenoxy) is 6. The monoisotopic (exact) mass is 1140 g/mol. The topological polar surface area (TPSA) is 169 Å². The Hall–Kier alpha value is -6.87. The summed E-state index contributed by atoms with van der Waals surface area (Å²) in [5.41, 5.74) is 4.24. The number of nitrogens with zero attached hydrogens (tertiary/aromatic N) is 3. The van der Waals surface area contributed by atoms with Gasteiger partial charge in [0.15, 0.2) is 0 Å². The number of thiazole rings is 1. The standard InChI is InChI=1S/C67H85N3O11S/c1-5-63(72)77-44-18-11-9-8-10-14-20-49-23-35-57(36-24-49)80-66(75)54-31-27-52(28-32-54)61(71)42-34-51-33-37-59(46-55(51)47-68-70(7-3)67-69-60-21-15-16-22-62(60)82-67)79-48(4)50-25-29-53(30-26-50)65(74)81-58-40-38-56(39-41-58)76-43-17-12-13-19-45-78-64(73)6-2/h5-6,23-24,33,35-41,46-47,50,52-54H,1-2,4,7-22,25-32,34,42-45H2,3H3/b68-47+/t50-,52-,53-,54-. The lowest BCUT2D eigenvalue weighted by Crippen LogP contribution is -2.28. The van der Waals surface area contributed by atoms with E-state index in [0.717, 1.165) is 119 Å². The largest absolute Gasteiger partial charge is 0.494 e. The van der Waals surface area contributed by atoms with Crippen LogP contribution in [-0.2, 0) is 59.1 Å². The van der Waals surface area contributed by atoms with Crippen LogP contribution >= 0.6 is 11.3 Å². The lowest BCUT2D eigenvalue weighted by molar-refractivity contribution is -0.141. The number of hydrazone groups is 1. The second-order valence-corrected chi connectivity index (χ2v) is 22.9. The molecule has 7 rings (SSSR count). The van der Waals surface area contributed by atoms with Gasteiger partial charge in [0.25, 0.3) is 0 Å². The molecule has 1 heterocycles. The van der Waals surface area contributed by atoms with Crippen molar-refractivity contribution in [1.82, 2.24) is 4.98 Å². The molecule has 2 saturated carbocycles. The van der Waals surface area contributed by atoms with Crippen LogP contribution in [0.25, 0.3) is 0 Å². The number of carbonyl (C=O) groups is 5. The molecule has 82 heavy (non-hydrogen) atoms. The van der Waals surface area contributed by atoms with Crippen molar-refractivity contribution in [3.8, 4) is 23.0 Å². The van der Waals surface area contributed by atoms with Gasteiger partial charge in [-0.05, 0) is 195 Å². The number of aromatic nitrogens is 1. The van der Waals surface area contributed by atoms with Crippen molar-refractivity contribution >= 4 is 52.3 Å². The molecule has 2 fully saturated rings. The Labute approximate surface area is 489 Å². The van der Waals surface area contributed by atoms with Crippen LogP contribution in [0.5, 0.6) is 23.0 Å². The molecule has 0 saturated heterocycles. The molecule has 0 spiro atoms. The molecule has 3 aliphatic carbocycles. The molecule has 0 atom stereocenters. The molecular formula is C67H85N3O11S. The maximum Gasteiger partial charge on any atom is 0.330 e. The second kappa shape index (κ2) is 33.9. The van der Waals surface area contributed by atoms with Crippen molar-refractivity contribution in [3.63, 3.8) is 0 Å². The van der Waals surface area contributed by atoms with Gasteiger partial charge in [0, 0.05) is 47.4 Å². The van der Waals surface area contributed by atoms with Gasteiger partial charge in [-0.3, -0.25) is 14.4 Å². The fraction of sp³-hybridized carbons (Fsp3) is 0.507. The van der Waals surface area contributed by atoms with E-state index in [-0.39, 0.29) is 47.4 Å². The fourth-order valence-corrected chi connectivity index (χ4v) is 12.1. The number of esters is 4. The molecule has 0 radical (unpaired) electrons. The molecule has 1 aromatic heterocycles. The molecule has 4 aromatic rings. The molecule has 440 valence electrons. The van der Waals surface area contributed by atoms with Crippen molar-refractivity contribution in [1.29, 1.82) is 0 Å². The highest BCUT2D eigenvalue weighted by Crippen LogP contribution is 2.37. The molecular weight excluding hydrogens is 1050 g/mol. The van der Waals surface area contributed by atoms with Crippen LogP contribution in [-0.4, -0.2) is 67.2 Å². The van der Waals surface area contributed by atoms with Gasteiger partial charge in [0.05, 0.1) is 49.3 Å². The van der Waals surface area contributed by atoms with Gasteiger partial charge in [-0.15, -0.1) is 0 Å². The summed E-state index contributed by atoms with van der Waals surface area (Å²) in [7, 11) is 0. The Kier molecular flexibility index (Phi) is 25.9. The summed E-state index contributed by atoms with van der Waals surface area (Å²) in [6.45, 7) is 15.3. The molecule has 3 aromatic carbocycles. The number of carbonyl (C=O) groups excluding carboxylic acids is 5. The van der Waals surface area contributed by atoms with Crippen LogP contribution in [0.4, 0.5) is 5.13 Å². The van der Waals surface area contributed by atoms with Crippen LogP contribution in [0.3, 0.4) is 0 Å². The van der Waals surface area contributed by atoms with Gasteiger partial charge in [0.1, 0.15) is 28.8 Å². The first-order valence-electron chi connectivity index (χ1n) is 30.1. The van der Waals surface area contributed by atoms with Crippen LogP contribution < -0.4 is 24.0 Å². The van der Waals surface area contributed by atoms with E-state index in [4.69, 9.17) is 38.5 Å². The van der Waals surface area contributed by atoms with E-state index in [1.165, 1.54) is 34.7 Å². The molecule has 0 unspecified atom stereocenters. The van der Waals surface area contributed by atoms with Crippen LogP contribution in [0.2, 0.25) is 0 Å². The molecule has 0 aliphatic heterocycles. The average Bonchev–Trinajstić information content (AvgIpc) is 4.10. The molecule has 15 heteroatoms. The van der Waals surface area contributed by atoms with Crippen molar-refractivity contribution in [3.05, 3.63) is 132 Å². The van der Waals surface area contributed by atoms with Crippen LogP contribution in [0.15, 0.2) is 109 Å². The first-order valence-corrected chi connectivity index (χ1v) is 31.0.